The molecule has 2 N–H and O–H groups in total. The first kappa shape index (κ1) is 17.4. The van der Waals surface area contributed by atoms with Gasteiger partial charge in [0.15, 0.2) is 0 Å². The van der Waals surface area contributed by atoms with Crippen LogP contribution in [0.1, 0.15) is 31.2 Å². The van der Waals surface area contributed by atoms with Crippen LogP contribution in [-0.4, -0.2) is 41.0 Å². The number of hydrogen-bond acceptors (Lipinski definition) is 3. The van der Waals surface area contributed by atoms with Crippen molar-refractivity contribution in [1.29, 1.82) is 0 Å². The summed E-state index contributed by atoms with van der Waals surface area (Å²) in [5, 5.41) is 13.8. The van der Waals surface area contributed by atoms with E-state index in [9.17, 15) is 9.59 Å². The van der Waals surface area contributed by atoms with Crippen molar-refractivity contribution in [3.05, 3.63) is 48.0 Å². The van der Waals surface area contributed by atoms with Crippen LogP contribution >= 0.6 is 0 Å². The Morgan fingerprint density at radius 1 is 1.08 bits per heavy atom. The zero-order valence-corrected chi connectivity index (χ0v) is 14.3. The number of amides is 1. The van der Waals surface area contributed by atoms with E-state index >= 15 is 0 Å². The summed E-state index contributed by atoms with van der Waals surface area (Å²) in [7, 11) is 0. The standard InChI is InChI=1S/C20H24N2O3/c23-19(21-12-10-20(24)25)11-13-22(17-8-9-17)14-16-6-3-5-15-4-1-2-7-18(15)16/h1-7,17H,8-14H2,(H,21,23)(H,24,25). The first-order valence-electron chi connectivity index (χ1n) is 8.82. The summed E-state index contributed by atoms with van der Waals surface area (Å²) in [6.45, 7) is 1.74. The second kappa shape index (κ2) is 8.12. The summed E-state index contributed by atoms with van der Waals surface area (Å²) >= 11 is 0. The van der Waals surface area contributed by atoms with Crippen molar-refractivity contribution >= 4 is 22.6 Å². The molecule has 1 fully saturated rings. The molecule has 0 atom stereocenters. The van der Waals surface area contributed by atoms with E-state index in [-0.39, 0.29) is 18.9 Å². The fraction of sp³-hybridized carbons (Fsp3) is 0.400. The summed E-state index contributed by atoms with van der Waals surface area (Å²) in [4.78, 5) is 24.8. The van der Waals surface area contributed by atoms with Gasteiger partial charge in [0.1, 0.15) is 0 Å². The topological polar surface area (TPSA) is 69.6 Å². The summed E-state index contributed by atoms with van der Waals surface area (Å²) < 4.78 is 0. The van der Waals surface area contributed by atoms with Crippen molar-refractivity contribution in [2.45, 2.75) is 38.3 Å². The molecular formula is C20H24N2O3. The van der Waals surface area contributed by atoms with Gasteiger partial charge < -0.3 is 10.4 Å². The third-order valence-electron chi connectivity index (χ3n) is 4.60. The van der Waals surface area contributed by atoms with E-state index in [0.717, 1.165) is 6.54 Å². The van der Waals surface area contributed by atoms with E-state index in [1.807, 2.05) is 6.07 Å². The van der Waals surface area contributed by atoms with E-state index in [1.165, 1.54) is 29.2 Å². The van der Waals surface area contributed by atoms with Gasteiger partial charge in [0.05, 0.1) is 6.42 Å². The van der Waals surface area contributed by atoms with Gasteiger partial charge >= 0.3 is 5.97 Å². The van der Waals surface area contributed by atoms with Crippen LogP contribution in [0.2, 0.25) is 0 Å². The number of rotatable bonds is 9. The SMILES string of the molecule is O=C(O)CCNC(=O)CCN(Cc1cccc2ccccc12)C1CC1. The molecule has 25 heavy (non-hydrogen) atoms. The lowest BCUT2D eigenvalue weighted by molar-refractivity contribution is -0.136. The first-order valence-corrected chi connectivity index (χ1v) is 8.82. The van der Waals surface area contributed by atoms with Gasteiger partial charge in [-0.3, -0.25) is 14.5 Å². The fourth-order valence-electron chi connectivity index (χ4n) is 3.12. The zero-order chi connectivity index (χ0) is 17.6. The maximum atomic E-state index is 11.9. The Morgan fingerprint density at radius 2 is 1.84 bits per heavy atom. The molecule has 0 saturated heterocycles. The molecule has 0 bridgehead atoms. The van der Waals surface area contributed by atoms with Gasteiger partial charge in [0.2, 0.25) is 5.91 Å². The van der Waals surface area contributed by atoms with E-state index in [0.29, 0.717) is 19.0 Å². The molecule has 1 saturated carbocycles. The highest BCUT2D eigenvalue weighted by Gasteiger charge is 2.29. The summed E-state index contributed by atoms with van der Waals surface area (Å²) in [5.41, 5.74) is 1.29. The smallest absolute Gasteiger partial charge is 0.305 e. The molecule has 0 unspecified atom stereocenters. The zero-order valence-electron chi connectivity index (χ0n) is 14.3. The fourth-order valence-corrected chi connectivity index (χ4v) is 3.12. The van der Waals surface area contributed by atoms with Crippen LogP contribution in [0.3, 0.4) is 0 Å². The average molecular weight is 340 g/mol. The van der Waals surface area contributed by atoms with Crippen LogP contribution in [0, 0.1) is 0 Å². The van der Waals surface area contributed by atoms with Gasteiger partial charge in [-0.2, -0.15) is 0 Å². The number of carbonyl (C=O) groups is 2. The van der Waals surface area contributed by atoms with Crippen LogP contribution in [0.15, 0.2) is 42.5 Å². The van der Waals surface area contributed by atoms with Crippen molar-refractivity contribution in [2.75, 3.05) is 13.1 Å². The van der Waals surface area contributed by atoms with Crippen molar-refractivity contribution in [3.8, 4) is 0 Å². The molecule has 5 nitrogen and oxygen atoms in total. The minimum atomic E-state index is -0.893. The second-order valence-corrected chi connectivity index (χ2v) is 6.58. The average Bonchev–Trinajstić information content (AvgIpc) is 3.43. The lowest BCUT2D eigenvalue weighted by Gasteiger charge is -2.22. The predicted molar refractivity (Wildman–Crippen MR) is 97.3 cm³/mol. The number of carboxylic acid groups (broad SMARTS) is 1. The predicted octanol–water partition coefficient (Wildman–Crippen LogP) is 2.79. The highest BCUT2D eigenvalue weighted by molar-refractivity contribution is 5.85. The molecule has 1 aliphatic carbocycles. The number of nitrogens with one attached hydrogen (secondary N) is 1. The number of aliphatic carboxylic acids is 1. The van der Waals surface area contributed by atoms with E-state index in [1.54, 1.807) is 0 Å². The molecule has 0 aliphatic heterocycles. The van der Waals surface area contributed by atoms with Crippen LogP contribution in [0.4, 0.5) is 0 Å². The third-order valence-corrected chi connectivity index (χ3v) is 4.60. The van der Waals surface area contributed by atoms with Gasteiger partial charge in [0, 0.05) is 32.1 Å². The van der Waals surface area contributed by atoms with Crippen LogP contribution in [0.25, 0.3) is 10.8 Å². The van der Waals surface area contributed by atoms with Crippen LogP contribution in [-0.2, 0) is 16.1 Å². The van der Waals surface area contributed by atoms with Crippen molar-refractivity contribution in [3.63, 3.8) is 0 Å². The maximum absolute atomic E-state index is 11.9. The normalized spacial score (nSPS) is 14.0. The molecule has 132 valence electrons. The van der Waals surface area contributed by atoms with Crippen LogP contribution < -0.4 is 5.32 Å². The second-order valence-electron chi connectivity index (χ2n) is 6.58. The number of benzene rings is 2. The maximum Gasteiger partial charge on any atom is 0.305 e. The molecule has 3 rings (SSSR count). The number of carbonyl (C=O) groups excluding carboxylic acids is 1. The van der Waals surface area contributed by atoms with E-state index < -0.39 is 5.97 Å². The van der Waals surface area contributed by atoms with Gasteiger partial charge in [-0.1, -0.05) is 42.5 Å². The molecule has 1 amide bonds. The Bertz CT molecular complexity index is 750. The summed E-state index contributed by atoms with van der Waals surface area (Å²) in [6.07, 6.45) is 2.74. The molecule has 0 spiro atoms. The van der Waals surface area contributed by atoms with E-state index in [2.05, 4.69) is 46.6 Å². The number of carboxylic acids is 1. The summed E-state index contributed by atoms with van der Waals surface area (Å²) in [5.74, 6) is -0.972. The first-order chi connectivity index (χ1) is 12.1. The van der Waals surface area contributed by atoms with E-state index in [4.69, 9.17) is 5.11 Å². The van der Waals surface area contributed by atoms with Gasteiger partial charge in [-0.15, -0.1) is 0 Å². The van der Waals surface area contributed by atoms with Crippen LogP contribution in [0.5, 0.6) is 0 Å². The molecule has 0 heterocycles. The molecule has 0 aromatic heterocycles. The Balaban J connectivity index is 1.58. The lowest BCUT2D eigenvalue weighted by Crippen LogP contribution is -2.32. The van der Waals surface area contributed by atoms with Crippen molar-refractivity contribution < 1.29 is 14.7 Å². The Labute approximate surface area is 147 Å². The minimum absolute atomic E-state index is 0.0336. The highest BCUT2D eigenvalue weighted by Crippen LogP contribution is 2.30. The molecule has 2 aromatic rings. The molecular weight excluding hydrogens is 316 g/mol. The van der Waals surface area contributed by atoms with Gasteiger partial charge in [-0.05, 0) is 29.2 Å². The highest BCUT2D eigenvalue weighted by atomic mass is 16.4. The Kier molecular flexibility index (Phi) is 5.66. The number of fused-ring (bicyclic) bond motifs is 1. The number of hydrogen-bond donors (Lipinski definition) is 2. The molecule has 2 aromatic carbocycles. The van der Waals surface area contributed by atoms with Gasteiger partial charge in [-0.25, -0.2) is 0 Å². The minimum Gasteiger partial charge on any atom is -0.481 e. The molecule has 0 radical (unpaired) electrons. The van der Waals surface area contributed by atoms with Gasteiger partial charge in [0.25, 0.3) is 0 Å². The third kappa shape index (κ3) is 5.03. The summed E-state index contributed by atoms with van der Waals surface area (Å²) in [6, 6.07) is 15.3. The monoisotopic (exact) mass is 340 g/mol. The molecule has 5 heteroatoms. The lowest BCUT2D eigenvalue weighted by atomic mass is 10.0. The Hall–Kier alpha value is -2.40. The Morgan fingerprint density at radius 3 is 2.60 bits per heavy atom. The molecule has 1 aliphatic rings. The van der Waals surface area contributed by atoms with Crippen molar-refractivity contribution in [2.24, 2.45) is 0 Å². The van der Waals surface area contributed by atoms with Crippen molar-refractivity contribution in [1.82, 2.24) is 10.2 Å². The number of nitrogens with zero attached hydrogens (tertiary/aromatic N) is 1. The quantitative estimate of drug-likeness (QED) is 0.736. The largest absolute Gasteiger partial charge is 0.481 e.